The van der Waals surface area contributed by atoms with E-state index in [9.17, 15) is 4.79 Å². The zero-order chi connectivity index (χ0) is 15.3. The molecule has 0 saturated carbocycles. The van der Waals surface area contributed by atoms with Crippen LogP contribution in [0.1, 0.15) is 32.8 Å². The van der Waals surface area contributed by atoms with E-state index in [0.717, 1.165) is 17.0 Å². The molecule has 1 aromatic rings. The van der Waals surface area contributed by atoms with Crippen molar-refractivity contribution in [2.24, 2.45) is 0 Å². The highest BCUT2D eigenvalue weighted by molar-refractivity contribution is 6.31. The maximum atomic E-state index is 12.1. The molecule has 0 bridgehead atoms. The zero-order valence-corrected chi connectivity index (χ0v) is 13.3. The molecule has 2 saturated heterocycles. The van der Waals surface area contributed by atoms with Gasteiger partial charge in [0.25, 0.3) is 0 Å². The predicted octanol–water partition coefficient (Wildman–Crippen LogP) is 3.57. The molecule has 2 aliphatic heterocycles. The molecule has 21 heavy (non-hydrogen) atoms. The second-order valence-electron chi connectivity index (χ2n) is 6.65. The minimum atomic E-state index is -0.473. The van der Waals surface area contributed by atoms with Crippen LogP contribution in [0.5, 0.6) is 0 Å². The monoisotopic (exact) mass is 309 g/mol. The fraction of sp³-hybridized carbons (Fsp3) is 0.562. The molecule has 114 valence electrons. The molecule has 0 unspecified atom stereocenters. The summed E-state index contributed by atoms with van der Waals surface area (Å²) in [6.45, 7) is 6.79. The lowest BCUT2D eigenvalue weighted by Gasteiger charge is -2.31. The first kappa shape index (κ1) is 14.7. The average Bonchev–Trinajstić information content (AvgIpc) is 3.11. The number of benzene rings is 1. The van der Waals surface area contributed by atoms with Gasteiger partial charge in [0, 0.05) is 23.6 Å². The summed E-state index contributed by atoms with van der Waals surface area (Å²) < 4.78 is 11.3. The Hall–Kier alpha value is -1.26. The number of piperidine rings is 1. The third-order valence-electron chi connectivity index (χ3n) is 3.94. The van der Waals surface area contributed by atoms with Crippen LogP contribution in [-0.2, 0) is 15.1 Å². The van der Waals surface area contributed by atoms with Gasteiger partial charge in [-0.1, -0.05) is 29.8 Å². The van der Waals surface area contributed by atoms with Crippen LogP contribution >= 0.6 is 11.6 Å². The number of hydrogen-bond donors (Lipinski definition) is 0. The summed E-state index contributed by atoms with van der Waals surface area (Å²) in [5, 5.41) is 0.728. The number of hydrogen-bond acceptors (Lipinski definition) is 3. The summed E-state index contributed by atoms with van der Waals surface area (Å²) in [5.74, 6) is 0. The lowest BCUT2D eigenvalue weighted by molar-refractivity contribution is 0.0217. The van der Waals surface area contributed by atoms with Gasteiger partial charge in [-0.2, -0.15) is 0 Å². The van der Waals surface area contributed by atoms with E-state index in [1.807, 2.05) is 45.0 Å². The molecule has 0 spiro atoms. The molecule has 1 aromatic carbocycles. The van der Waals surface area contributed by atoms with Gasteiger partial charge in [-0.05, 0) is 26.8 Å². The summed E-state index contributed by atoms with van der Waals surface area (Å²) in [4.78, 5) is 13.8. The predicted molar refractivity (Wildman–Crippen MR) is 80.4 cm³/mol. The summed E-state index contributed by atoms with van der Waals surface area (Å²) in [6.07, 6.45) is 0.491. The first-order chi connectivity index (χ1) is 9.82. The smallest absolute Gasteiger partial charge is 0.410 e. The molecule has 2 aliphatic rings. The number of carbonyl (C=O) groups is 1. The Morgan fingerprint density at radius 1 is 1.43 bits per heavy atom. The lowest BCUT2D eigenvalue weighted by Crippen LogP contribution is -2.44. The van der Waals surface area contributed by atoms with Gasteiger partial charge >= 0.3 is 6.09 Å². The molecule has 2 fully saturated rings. The minimum absolute atomic E-state index is 0.0127. The number of epoxide rings is 1. The molecule has 5 heteroatoms. The molecule has 0 aromatic heterocycles. The third-order valence-corrected chi connectivity index (χ3v) is 4.27. The Bertz CT molecular complexity index is 569. The number of nitrogens with zero attached hydrogens (tertiary/aromatic N) is 1. The first-order valence-corrected chi connectivity index (χ1v) is 7.60. The van der Waals surface area contributed by atoms with Crippen LogP contribution < -0.4 is 0 Å². The maximum absolute atomic E-state index is 12.1. The van der Waals surface area contributed by atoms with Gasteiger partial charge in [-0.15, -0.1) is 0 Å². The second kappa shape index (κ2) is 4.89. The fourth-order valence-corrected chi connectivity index (χ4v) is 3.18. The second-order valence-corrected chi connectivity index (χ2v) is 7.06. The Labute approximate surface area is 130 Å². The molecule has 1 amide bonds. The van der Waals surface area contributed by atoms with Gasteiger partial charge in [0.05, 0.1) is 6.54 Å². The number of rotatable bonds is 1. The van der Waals surface area contributed by atoms with E-state index in [1.165, 1.54) is 0 Å². The van der Waals surface area contributed by atoms with Crippen molar-refractivity contribution in [3.8, 4) is 0 Å². The van der Waals surface area contributed by atoms with Gasteiger partial charge in [-0.3, -0.25) is 0 Å². The van der Waals surface area contributed by atoms with E-state index in [4.69, 9.17) is 21.1 Å². The molecule has 2 heterocycles. The Morgan fingerprint density at radius 3 is 2.76 bits per heavy atom. The molecule has 2 atom stereocenters. The van der Waals surface area contributed by atoms with Gasteiger partial charge in [-0.25, -0.2) is 4.79 Å². The van der Waals surface area contributed by atoms with Gasteiger partial charge in [0.2, 0.25) is 0 Å². The van der Waals surface area contributed by atoms with Gasteiger partial charge in [0.1, 0.15) is 17.3 Å². The lowest BCUT2D eigenvalue weighted by atomic mass is 9.89. The normalized spacial score (nSPS) is 28.0. The number of likely N-dealkylation sites (tertiary alicyclic amines) is 1. The standard InChI is InChI=1S/C16H20ClNO3/c1-15(2,3)21-14(19)18-9-8-16(13(10-18)20-16)11-6-4-5-7-12(11)17/h4-7,13H,8-10H2,1-3H3/t13-,16-/m1/s1. The molecule has 0 N–H and O–H groups in total. The van der Waals surface area contributed by atoms with Crippen molar-refractivity contribution in [2.75, 3.05) is 13.1 Å². The van der Waals surface area contributed by atoms with Crippen molar-refractivity contribution >= 4 is 17.7 Å². The van der Waals surface area contributed by atoms with Crippen LogP contribution in [0.15, 0.2) is 24.3 Å². The van der Waals surface area contributed by atoms with Crippen molar-refractivity contribution < 1.29 is 14.3 Å². The Kier molecular flexibility index (Phi) is 3.41. The molecule has 4 nitrogen and oxygen atoms in total. The quantitative estimate of drug-likeness (QED) is 0.745. The highest BCUT2D eigenvalue weighted by Crippen LogP contribution is 2.53. The molecule has 0 aliphatic carbocycles. The fourth-order valence-electron chi connectivity index (χ4n) is 2.89. The van der Waals surface area contributed by atoms with Crippen LogP contribution in [0.3, 0.4) is 0 Å². The number of fused-ring (bicyclic) bond motifs is 1. The average molecular weight is 310 g/mol. The molecular formula is C16H20ClNO3. The highest BCUT2D eigenvalue weighted by Gasteiger charge is 2.61. The van der Waals surface area contributed by atoms with Gasteiger partial charge in [0.15, 0.2) is 0 Å². The van der Waals surface area contributed by atoms with Crippen molar-refractivity contribution in [3.63, 3.8) is 0 Å². The topological polar surface area (TPSA) is 42.1 Å². The van der Waals surface area contributed by atoms with E-state index in [1.54, 1.807) is 4.90 Å². The van der Waals surface area contributed by atoms with Gasteiger partial charge < -0.3 is 14.4 Å². The third kappa shape index (κ3) is 2.74. The van der Waals surface area contributed by atoms with Crippen LogP contribution in [0, 0.1) is 0 Å². The van der Waals surface area contributed by atoms with Crippen LogP contribution in [0.4, 0.5) is 4.79 Å². The zero-order valence-electron chi connectivity index (χ0n) is 12.6. The van der Waals surface area contributed by atoms with E-state index in [-0.39, 0.29) is 17.8 Å². The number of carbonyl (C=O) groups excluding carboxylic acids is 1. The van der Waals surface area contributed by atoms with Crippen molar-refractivity contribution in [3.05, 3.63) is 34.9 Å². The molecule has 0 radical (unpaired) electrons. The summed E-state index contributed by atoms with van der Waals surface area (Å²) >= 11 is 6.27. The maximum Gasteiger partial charge on any atom is 0.410 e. The number of ether oxygens (including phenoxy) is 2. The van der Waals surface area contributed by atoms with E-state index in [0.29, 0.717) is 13.1 Å². The van der Waals surface area contributed by atoms with Crippen LogP contribution in [-0.4, -0.2) is 35.8 Å². The van der Waals surface area contributed by atoms with E-state index < -0.39 is 5.60 Å². The van der Waals surface area contributed by atoms with Crippen molar-refractivity contribution in [1.29, 1.82) is 0 Å². The number of amides is 1. The first-order valence-electron chi connectivity index (χ1n) is 7.23. The Balaban J connectivity index is 1.69. The summed E-state index contributed by atoms with van der Waals surface area (Å²) in [5.41, 5.74) is 0.246. The van der Waals surface area contributed by atoms with Crippen molar-refractivity contribution in [2.45, 2.75) is 44.5 Å². The Morgan fingerprint density at radius 2 is 2.14 bits per heavy atom. The van der Waals surface area contributed by atoms with E-state index in [2.05, 4.69) is 0 Å². The SMILES string of the molecule is CC(C)(C)OC(=O)N1CC[C@]2(c3ccccc3Cl)O[C@@H]2C1. The van der Waals surface area contributed by atoms with Crippen LogP contribution in [0.2, 0.25) is 5.02 Å². The van der Waals surface area contributed by atoms with E-state index >= 15 is 0 Å². The largest absolute Gasteiger partial charge is 0.444 e. The minimum Gasteiger partial charge on any atom is -0.444 e. The number of halogens is 1. The molecule has 3 rings (SSSR count). The van der Waals surface area contributed by atoms with Crippen molar-refractivity contribution in [1.82, 2.24) is 4.90 Å². The molecular weight excluding hydrogens is 290 g/mol. The summed E-state index contributed by atoms with van der Waals surface area (Å²) in [7, 11) is 0. The van der Waals surface area contributed by atoms with Crippen LogP contribution in [0.25, 0.3) is 0 Å². The highest BCUT2D eigenvalue weighted by atomic mass is 35.5. The summed E-state index contributed by atoms with van der Waals surface area (Å²) in [6, 6.07) is 7.76.